The number of hydrogen-bond acceptors (Lipinski definition) is 4. The number of nitrogens with two attached hydrogens (primary N) is 1. The van der Waals surface area contributed by atoms with E-state index in [9.17, 15) is 4.79 Å². The molecule has 166 valence electrons. The Balaban J connectivity index is 1.63. The van der Waals surface area contributed by atoms with Crippen LogP contribution in [0, 0.1) is 6.92 Å². The number of carbonyl (C=O) groups excluding carboxylic acids is 1. The molecule has 0 aliphatic rings. The normalized spacial score (nSPS) is 10.7. The number of benzene rings is 3. The van der Waals surface area contributed by atoms with Crippen LogP contribution < -0.4 is 15.5 Å². The maximum Gasteiger partial charge on any atom is 0.323 e. The molecule has 0 saturated carbocycles. The van der Waals surface area contributed by atoms with Crippen LogP contribution in [0.5, 0.6) is 0 Å². The van der Waals surface area contributed by atoms with E-state index in [1.807, 2.05) is 86.6 Å². The molecule has 4 aromatic rings. The van der Waals surface area contributed by atoms with Crippen LogP contribution in [0.2, 0.25) is 5.02 Å². The number of hydrogen-bond donors (Lipinski definition) is 1. The second kappa shape index (κ2) is 9.30. The van der Waals surface area contributed by atoms with Gasteiger partial charge >= 0.3 is 6.03 Å². The molecule has 2 N–H and O–H groups in total. The highest BCUT2D eigenvalue weighted by Crippen LogP contribution is 2.32. The van der Waals surface area contributed by atoms with Gasteiger partial charge in [0.05, 0.1) is 23.8 Å². The molecule has 0 saturated heterocycles. The van der Waals surface area contributed by atoms with Crippen LogP contribution in [0.15, 0.2) is 79.1 Å². The van der Waals surface area contributed by atoms with Gasteiger partial charge in [0.1, 0.15) is 0 Å². The number of primary amides is 1. The molecule has 0 atom stereocenters. The lowest BCUT2D eigenvalue weighted by Crippen LogP contribution is -2.31. The summed E-state index contributed by atoms with van der Waals surface area (Å²) < 4.78 is 0. The minimum atomic E-state index is -0.607. The Labute approximate surface area is 198 Å². The average molecular weight is 458 g/mol. The molecule has 2 amide bonds. The quantitative estimate of drug-likeness (QED) is 0.395. The van der Waals surface area contributed by atoms with E-state index in [-0.39, 0.29) is 0 Å². The van der Waals surface area contributed by atoms with E-state index in [0.717, 1.165) is 27.9 Å². The summed E-state index contributed by atoms with van der Waals surface area (Å²) in [7, 11) is 3.91. The zero-order valence-corrected chi connectivity index (χ0v) is 19.4. The molecule has 0 bridgehead atoms. The van der Waals surface area contributed by atoms with Gasteiger partial charge in [-0.15, -0.1) is 0 Å². The number of aromatic nitrogens is 2. The molecule has 0 aliphatic heterocycles. The van der Waals surface area contributed by atoms with Crippen LogP contribution in [0.4, 0.5) is 21.9 Å². The van der Waals surface area contributed by atoms with Gasteiger partial charge in [0.2, 0.25) is 0 Å². The molecule has 1 aromatic heterocycles. The van der Waals surface area contributed by atoms with Crippen molar-refractivity contribution in [2.75, 3.05) is 23.9 Å². The number of halogens is 1. The predicted octanol–water partition coefficient (Wildman–Crippen LogP) is 6.06. The highest BCUT2D eigenvalue weighted by molar-refractivity contribution is 6.33. The number of carbonyl (C=O) groups is 1. The van der Waals surface area contributed by atoms with Crippen LogP contribution in [-0.2, 0) is 0 Å². The van der Waals surface area contributed by atoms with Gasteiger partial charge in [-0.2, -0.15) is 0 Å². The van der Waals surface area contributed by atoms with Crippen molar-refractivity contribution in [2.24, 2.45) is 5.73 Å². The standard InChI is InChI=1S/C26H24ClN5O/c1-17-14-18(23-6-4-5-7-24(23)27)8-13-22(17)25-29-15-21(16-30-25)32(26(28)33)20-11-9-19(10-12-20)31(2)3/h4-16H,1-3H3,(H2,28,33). The van der Waals surface area contributed by atoms with Crippen LogP contribution in [0.3, 0.4) is 0 Å². The van der Waals surface area contributed by atoms with Crippen LogP contribution >= 0.6 is 11.6 Å². The summed E-state index contributed by atoms with van der Waals surface area (Å²) in [6, 6.07) is 20.7. The van der Waals surface area contributed by atoms with Crippen molar-refractivity contribution in [1.29, 1.82) is 0 Å². The molecule has 0 fully saturated rings. The van der Waals surface area contributed by atoms with E-state index in [1.54, 1.807) is 12.4 Å². The van der Waals surface area contributed by atoms with Crippen molar-refractivity contribution < 1.29 is 4.79 Å². The van der Waals surface area contributed by atoms with Crippen molar-refractivity contribution in [1.82, 2.24) is 9.97 Å². The van der Waals surface area contributed by atoms with E-state index in [1.165, 1.54) is 4.90 Å². The van der Waals surface area contributed by atoms with E-state index in [4.69, 9.17) is 17.3 Å². The van der Waals surface area contributed by atoms with Gasteiger partial charge < -0.3 is 10.6 Å². The Hall–Kier alpha value is -3.90. The van der Waals surface area contributed by atoms with Crippen LogP contribution in [0.1, 0.15) is 5.56 Å². The topological polar surface area (TPSA) is 75.4 Å². The molecule has 0 unspecified atom stereocenters. The number of amides is 2. The second-order valence-corrected chi connectivity index (χ2v) is 8.27. The monoisotopic (exact) mass is 457 g/mol. The second-order valence-electron chi connectivity index (χ2n) is 7.86. The van der Waals surface area contributed by atoms with Crippen molar-refractivity contribution >= 4 is 34.7 Å². The van der Waals surface area contributed by atoms with Crippen molar-refractivity contribution in [3.63, 3.8) is 0 Å². The number of nitrogens with zero attached hydrogens (tertiary/aromatic N) is 4. The largest absolute Gasteiger partial charge is 0.378 e. The van der Waals surface area contributed by atoms with Gasteiger partial charge in [-0.3, -0.25) is 4.90 Å². The summed E-state index contributed by atoms with van der Waals surface area (Å²) in [6.07, 6.45) is 3.21. The van der Waals surface area contributed by atoms with Gasteiger partial charge in [-0.05, 0) is 48.4 Å². The third-order valence-electron chi connectivity index (χ3n) is 5.39. The third kappa shape index (κ3) is 4.66. The van der Waals surface area contributed by atoms with E-state index in [2.05, 4.69) is 16.0 Å². The predicted molar refractivity (Wildman–Crippen MR) is 135 cm³/mol. The molecule has 0 aliphatic carbocycles. The summed E-state index contributed by atoms with van der Waals surface area (Å²) in [5.41, 5.74) is 11.7. The minimum Gasteiger partial charge on any atom is -0.378 e. The summed E-state index contributed by atoms with van der Waals surface area (Å²) >= 11 is 6.35. The Morgan fingerprint density at radius 3 is 2.06 bits per heavy atom. The Bertz CT molecular complexity index is 1290. The van der Waals surface area contributed by atoms with Crippen LogP contribution in [-0.4, -0.2) is 30.1 Å². The highest BCUT2D eigenvalue weighted by atomic mass is 35.5. The van der Waals surface area contributed by atoms with Gasteiger partial charge in [-0.25, -0.2) is 14.8 Å². The Morgan fingerprint density at radius 2 is 1.48 bits per heavy atom. The van der Waals surface area contributed by atoms with Gasteiger partial charge in [0, 0.05) is 35.9 Å². The van der Waals surface area contributed by atoms with E-state index < -0.39 is 6.03 Å². The highest BCUT2D eigenvalue weighted by Gasteiger charge is 2.17. The fourth-order valence-corrected chi connectivity index (χ4v) is 3.90. The summed E-state index contributed by atoms with van der Waals surface area (Å²) in [4.78, 5) is 24.6. The maximum absolute atomic E-state index is 12.2. The van der Waals surface area contributed by atoms with Crippen LogP contribution in [0.25, 0.3) is 22.5 Å². The van der Waals surface area contributed by atoms with Crippen molar-refractivity contribution in [2.45, 2.75) is 6.92 Å². The lowest BCUT2D eigenvalue weighted by molar-refractivity contribution is 0.256. The molecule has 0 spiro atoms. The smallest absolute Gasteiger partial charge is 0.323 e. The first kappa shape index (κ1) is 22.3. The lowest BCUT2D eigenvalue weighted by atomic mass is 9.99. The molecule has 1 heterocycles. The molecule has 6 nitrogen and oxygen atoms in total. The van der Waals surface area contributed by atoms with Crippen molar-refractivity contribution in [3.05, 3.63) is 89.7 Å². The third-order valence-corrected chi connectivity index (χ3v) is 5.72. The van der Waals surface area contributed by atoms with Gasteiger partial charge in [0.25, 0.3) is 0 Å². The summed E-state index contributed by atoms with van der Waals surface area (Å²) in [5, 5.41) is 0.704. The SMILES string of the molecule is Cc1cc(-c2ccccc2Cl)ccc1-c1ncc(N(C(N)=O)c2ccc(N(C)C)cc2)cn1. The molecule has 33 heavy (non-hydrogen) atoms. The number of anilines is 3. The Morgan fingerprint density at radius 1 is 0.848 bits per heavy atom. The molecule has 4 rings (SSSR count). The first-order valence-corrected chi connectivity index (χ1v) is 10.8. The zero-order valence-electron chi connectivity index (χ0n) is 18.7. The summed E-state index contributed by atoms with van der Waals surface area (Å²) in [5.74, 6) is 0.564. The molecular formula is C26H24ClN5O. The van der Waals surface area contributed by atoms with Gasteiger partial charge in [0.15, 0.2) is 5.82 Å². The summed E-state index contributed by atoms with van der Waals surface area (Å²) in [6.45, 7) is 2.01. The number of aryl methyl sites for hydroxylation is 1. The molecular weight excluding hydrogens is 434 g/mol. The van der Waals surface area contributed by atoms with Crippen molar-refractivity contribution in [3.8, 4) is 22.5 Å². The van der Waals surface area contributed by atoms with Gasteiger partial charge in [-0.1, -0.05) is 48.0 Å². The molecule has 3 aromatic carbocycles. The maximum atomic E-state index is 12.2. The number of rotatable bonds is 5. The van der Waals surface area contributed by atoms with E-state index >= 15 is 0 Å². The average Bonchev–Trinajstić information content (AvgIpc) is 2.80. The minimum absolute atomic E-state index is 0.495. The number of urea groups is 1. The van der Waals surface area contributed by atoms with E-state index in [0.29, 0.717) is 22.2 Å². The fraction of sp³-hybridized carbons (Fsp3) is 0.115. The lowest BCUT2D eigenvalue weighted by Gasteiger charge is -2.21. The Kier molecular flexibility index (Phi) is 6.29. The first-order valence-electron chi connectivity index (χ1n) is 10.4. The zero-order chi connectivity index (χ0) is 23.5. The first-order chi connectivity index (χ1) is 15.8. The molecule has 0 radical (unpaired) electrons. The molecule has 7 heteroatoms. The fourth-order valence-electron chi connectivity index (χ4n) is 3.66.